The third kappa shape index (κ3) is 5.36. The van der Waals surface area contributed by atoms with Gasteiger partial charge in [0.1, 0.15) is 12.4 Å². The van der Waals surface area contributed by atoms with Crippen molar-refractivity contribution < 1.29 is 14.6 Å². The van der Waals surface area contributed by atoms with Crippen LogP contribution in [0.3, 0.4) is 0 Å². The summed E-state index contributed by atoms with van der Waals surface area (Å²) >= 11 is 0. The number of aryl methyl sites for hydroxylation is 1. The molecule has 0 unspecified atom stereocenters. The number of rotatable bonds is 11. The van der Waals surface area contributed by atoms with Gasteiger partial charge in [-0.15, -0.1) is 0 Å². The minimum atomic E-state index is -0.134. The smallest absolute Gasteiger partial charge is 0.154 e. The average molecular weight is 448 g/mol. The second-order valence-electron chi connectivity index (χ2n) is 7.71. The lowest BCUT2D eigenvalue weighted by molar-refractivity contribution is 0.147. The van der Waals surface area contributed by atoms with Gasteiger partial charge in [-0.25, -0.2) is 9.67 Å². The fourth-order valence-corrected chi connectivity index (χ4v) is 3.68. The van der Waals surface area contributed by atoms with E-state index in [4.69, 9.17) is 20.2 Å². The Bertz CT molecular complexity index is 1210. The highest BCUT2D eigenvalue weighted by Gasteiger charge is 2.15. The van der Waals surface area contributed by atoms with E-state index in [9.17, 15) is 5.11 Å². The van der Waals surface area contributed by atoms with Crippen molar-refractivity contribution in [1.29, 1.82) is 0 Å². The molecule has 3 N–H and O–H groups in total. The zero-order chi connectivity index (χ0) is 23.0. The monoisotopic (exact) mass is 447 g/mol. The van der Waals surface area contributed by atoms with Gasteiger partial charge in [0, 0.05) is 18.4 Å². The zero-order valence-corrected chi connectivity index (χ0v) is 18.8. The highest BCUT2D eigenvalue weighted by molar-refractivity contribution is 5.90. The molecule has 0 spiro atoms. The quantitative estimate of drug-likeness (QED) is 0.340. The molecule has 172 valence electrons. The van der Waals surface area contributed by atoms with Crippen LogP contribution in [0.5, 0.6) is 5.75 Å². The number of aliphatic hydroxyl groups excluding tert-OH is 1. The summed E-state index contributed by atoms with van der Waals surface area (Å²) in [7, 11) is 1.65. The van der Waals surface area contributed by atoms with Gasteiger partial charge in [-0.3, -0.25) is 4.98 Å². The first kappa shape index (κ1) is 22.8. The number of aromatic nitrogens is 4. The highest BCUT2D eigenvalue weighted by atomic mass is 16.5. The van der Waals surface area contributed by atoms with Gasteiger partial charge in [0.2, 0.25) is 0 Å². The summed E-state index contributed by atoms with van der Waals surface area (Å²) in [4.78, 5) is 9.39. The van der Waals surface area contributed by atoms with E-state index in [2.05, 4.69) is 10.1 Å². The summed E-state index contributed by atoms with van der Waals surface area (Å²) in [5.41, 5.74) is 9.88. The summed E-state index contributed by atoms with van der Waals surface area (Å²) < 4.78 is 13.0. The van der Waals surface area contributed by atoms with Crippen LogP contribution in [-0.2, 0) is 17.8 Å². The summed E-state index contributed by atoms with van der Waals surface area (Å²) in [6.45, 7) is 1.46. The number of aliphatic hydroxyl groups is 1. The van der Waals surface area contributed by atoms with Gasteiger partial charge < -0.3 is 20.3 Å². The first-order valence-electron chi connectivity index (χ1n) is 11.1. The molecular weight excluding hydrogens is 418 g/mol. The summed E-state index contributed by atoms with van der Waals surface area (Å²) in [5, 5.41) is 14.9. The molecule has 0 aliphatic rings. The standard InChI is InChI=1S/C25H29N5O3/c1-32-12-13-33-24-15-18(22-9-4-7-19(28-22)6-2-3-11-26)14-23-21(24)16-27-30(23)25-10-5-8-20(17-31)29-25/h4-5,7-10,14-16,31H,2-3,6,11-13,17,26H2,1H3. The van der Waals surface area contributed by atoms with Crippen molar-refractivity contribution in [3.8, 4) is 22.8 Å². The molecule has 0 fully saturated rings. The number of hydrogen-bond acceptors (Lipinski definition) is 7. The van der Waals surface area contributed by atoms with Gasteiger partial charge in [-0.1, -0.05) is 12.1 Å². The van der Waals surface area contributed by atoms with Crippen LogP contribution >= 0.6 is 0 Å². The van der Waals surface area contributed by atoms with E-state index in [-0.39, 0.29) is 6.61 Å². The maximum atomic E-state index is 9.49. The molecule has 1 aromatic carbocycles. The molecule has 0 saturated carbocycles. The number of ether oxygens (including phenoxy) is 2. The normalized spacial score (nSPS) is 11.2. The Morgan fingerprint density at radius 1 is 1.00 bits per heavy atom. The number of hydrogen-bond donors (Lipinski definition) is 2. The zero-order valence-electron chi connectivity index (χ0n) is 18.8. The predicted molar refractivity (Wildman–Crippen MR) is 127 cm³/mol. The number of nitrogens with two attached hydrogens (primary N) is 1. The molecule has 0 aliphatic heterocycles. The Morgan fingerprint density at radius 2 is 1.85 bits per heavy atom. The van der Waals surface area contributed by atoms with Crippen molar-refractivity contribution in [2.75, 3.05) is 26.9 Å². The molecule has 4 rings (SSSR count). The van der Waals surface area contributed by atoms with E-state index in [1.54, 1.807) is 24.1 Å². The SMILES string of the molecule is COCCOc1cc(-c2cccc(CCCCN)n2)cc2c1cnn2-c1cccc(CO)n1. The lowest BCUT2D eigenvalue weighted by atomic mass is 10.1. The molecule has 33 heavy (non-hydrogen) atoms. The Kier molecular flexibility index (Phi) is 7.62. The number of unbranched alkanes of at least 4 members (excludes halogenated alkanes) is 1. The first-order chi connectivity index (χ1) is 16.2. The maximum absolute atomic E-state index is 9.49. The second-order valence-corrected chi connectivity index (χ2v) is 7.71. The lowest BCUT2D eigenvalue weighted by Gasteiger charge is -2.12. The predicted octanol–water partition coefficient (Wildman–Crippen LogP) is 3.28. The van der Waals surface area contributed by atoms with Gasteiger partial charge in [0.05, 0.1) is 41.7 Å². The van der Waals surface area contributed by atoms with Crippen molar-refractivity contribution in [2.24, 2.45) is 5.73 Å². The molecule has 0 atom stereocenters. The fraction of sp³-hybridized carbons (Fsp3) is 0.320. The van der Waals surface area contributed by atoms with E-state index >= 15 is 0 Å². The molecule has 3 aromatic heterocycles. The van der Waals surface area contributed by atoms with Gasteiger partial charge >= 0.3 is 0 Å². The van der Waals surface area contributed by atoms with Crippen molar-refractivity contribution in [2.45, 2.75) is 25.9 Å². The second kappa shape index (κ2) is 11.0. The van der Waals surface area contributed by atoms with Crippen LogP contribution in [-0.4, -0.2) is 51.7 Å². The van der Waals surface area contributed by atoms with Gasteiger partial charge in [0.15, 0.2) is 5.82 Å². The topological polar surface area (TPSA) is 108 Å². The van der Waals surface area contributed by atoms with E-state index in [1.807, 2.05) is 42.5 Å². The lowest BCUT2D eigenvalue weighted by Crippen LogP contribution is -2.05. The third-order valence-corrected chi connectivity index (χ3v) is 5.36. The van der Waals surface area contributed by atoms with Crippen LogP contribution in [0.2, 0.25) is 0 Å². The summed E-state index contributed by atoms with van der Waals surface area (Å²) in [6.07, 6.45) is 4.65. The van der Waals surface area contributed by atoms with Crippen molar-refractivity contribution in [1.82, 2.24) is 19.7 Å². The van der Waals surface area contributed by atoms with Crippen LogP contribution in [0, 0.1) is 0 Å². The summed E-state index contributed by atoms with van der Waals surface area (Å²) in [5.74, 6) is 1.33. The molecular formula is C25H29N5O3. The van der Waals surface area contributed by atoms with Crippen LogP contribution in [0.4, 0.5) is 0 Å². The minimum Gasteiger partial charge on any atom is -0.490 e. The van der Waals surface area contributed by atoms with Gasteiger partial charge in [-0.2, -0.15) is 5.10 Å². The van der Waals surface area contributed by atoms with E-state index < -0.39 is 0 Å². The minimum absolute atomic E-state index is 0.134. The van der Waals surface area contributed by atoms with E-state index in [1.165, 1.54) is 0 Å². The number of benzene rings is 1. The van der Waals surface area contributed by atoms with Gasteiger partial charge in [-0.05, 0) is 62.2 Å². The molecule has 3 heterocycles. The number of pyridine rings is 2. The van der Waals surface area contributed by atoms with Crippen LogP contribution in [0.15, 0.2) is 54.7 Å². The fourth-order valence-electron chi connectivity index (χ4n) is 3.68. The molecule has 8 nitrogen and oxygen atoms in total. The molecule has 0 radical (unpaired) electrons. The molecule has 8 heteroatoms. The Labute approximate surface area is 193 Å². The van der Waals surface area contributed by atoms with Crippen molar-refractivity contribution in [3.63, 3.8) is 0 Å². The largest absolute Gasteiger partial charge is 0.490 e. The molecule has 0 saturated heterocycles. The number of nitrogens with zero attached hydrogens (tertiary/aromatic N) is 4. The third-order valence-electron chi connectivity index (χ3n) is 5.36. The molecule has 0 aliphatic carbocycles. The summed E-state index contributed by atoms with van der Waals surface area (Å²) in [6, 6.07) is 15.6. The molecule has 4 aromatic rings. The van der Waals surface area contributed by atoms with Crippen LogP contribution < -0.4 is 10.5 Å². The Morgan fingerprint density at radius 3 is 2.67 bits per heavy atom. The molecule has 0 bridgehead atoms. The highest BCUT2D eigenvalue weighted by Crippen LogP contribution is 2.33. The van der Waals surface area contributed by atoms with Crippen LogP contribution in [0.1, 0.15) is 24.2 Å². The Balaban J connectivity index is 1.78. The first-order valence-corrected chi connectivity index (χ1v) is 11.1. The number of fused-ring (bicyclic) bond motifs is 1. The Hall–Kier alpha value is -3.33. The average Bonchev–Trinajstić information content (AvgIpc) is 3.29. The van der Waals surface area contributed by atoms with Crippen LogP contribution in [0.25, 0.3) is 28.0 Å². The molecule has 0 amide bonds. The van der Waals surface area contributed by atoms with Gasteiger partial charge in [0.25, 0.3) is 0 Å². The van der Waals surface area contributed by atoms with E-state index in [0.29, 0.717) is 37.0 Å². The maximum Gasteiger partial charge on any atom is 0.154 e. The number of methoxy groups -OCH3 is 1. The van der Waals surface area contributed by atoms with Crippen molar-refractivity contribution in [3.05, 3.63) is 66.1 Å². The van der Waals surface area contributed by atoms with E-state index in [0.717, 1.165) is 47.1 Å². The van der Waals surface area contributed by atoms with Crippen molar-refractivity contribution >= 4 is 10.9 Å².